The maximum Gasteiger partial charge on any atom is 0.225 e. The van der Waals surface area contributed by atoms with Crippen molar-refractivity contribution in [3.05, 3.63) is 29.8 Å². The van der Waals surface area contributed by atoms with Gasteiger partial charge in [0.2, 0.25) is 5.91 Å². The molecule has 0 aliphatic carbocycles. The molecule has 1 amide bonds. The zero-order valence-corrected chi connectivity index (χ0v) is 8.42. The first-order valence-electron chi connectivity index (χ1n) is 4.85. The Bertz CT molecular complexity index is 310. The monoisotopic (exact) mass is 192 g/mol. The number of rotatable bonds is 4. The van der Waals surface area contributed by atoms with Crippen molar-refractivity contribution in [2.24, 2.45) is 5.73 Å². The molecule has 3 nitrogen and oxygen atoms in total. The van der Waals surface area contributed by atoms with E-state index < -0.39 is 0 Å². The quantitative estimate of drug-likeness (QED) is 0.760. The number of amides is 1. The normalized spacial score (nSPS) is 9.86. The van der Waals surface area contributed by atoms with Crippen molar-refractivity contribution < 1.29 is 4.79 Å². The fourth-order valence-corrected chi connectivity index (χ4v) is 1.29. The van der Waals surface area contributed by atoms with Gasteiger partial charge >= 0.3 is 0 Å². The van der Waals surface area contributed by atoms with E-state index in [1.165, 1.54) is 0 Å². The lowest BCUT2D eigenvalue weighted by Gasteiger charge is -2.08. The molecule has 3 N–H and O–H groups in total. The smallest absolute Gasteiger partial charge is 0.225 e. The second-order valence-corrected chi connectivity index (χ2v) is 3.10. The number of benzene rings is 1. The van der Waals surface area contributed by atoms with E-state index in [4.69, 9.17) is 5.73 Å². The van der Waals surface area contributed by atoms with Crippen LogP contribution in [0.1, 0.15) is 18.9 Å². The first kappa shape index (κ1) is 10.7. The van der Waals surface area contributed by atoms with E-state index >= 15 is 0 Å². The average Bonchev–Trinajstić information content (AvgIpc) is 2.19. The third-order valence-corrected chi connectivity index (χ3v) is 2.04. The highest BCUT2D eigenvalue weighted by Crippen LogP contribution is 2.15. The fourth-order valence-electron chi connectivity index (χ4n) is 1.29. The molecule has 0 heterocycles. The maximum atomic E-state index is 11.3. The second-order valence-electron chi connectivity index (χ2n) is 3.10. The largest absolute Gasteiger partial charge is 0.330 e. The number of hydrogen-bond acceptors (Lipinski definition) is 2. The minimum atomic E-state index is -0.0200. The van der Waals surface area contributed by atoms with Gasteiger partial charge in [-0.05, 0) is 18.1 Å². The summed E-state index contributed by atoms with van der Waals surface area (Å²) < 4.78 is 0. The Morgan fingerprint density at radius 2 is 2.14 bits per heavy atom. The molecule has 0 saturated heterocycles. The van der Waals surface area contributed by atoms with Crippen LogP contribution in [0.4, 0.5) is 5.69 Å². The van der Waals surface area contributed by atoms with Crippen LogP contribution in [0.5, 0.6) is 0 Å². The van der Waals surface area contributed by atoms with Crippen molar-refractivity contribution >= 4 is 11.6 Å². The molecule has 3 heteroatoms. The zero-order valence-electron chi connectivity index (χ0n) is 8.42. The number of nitrogens with one attached hydrogen (secondary N) is 1. The highest BCUT2D eigenvalue weighted by Gasteiger charge is 2.03. The van der Waals surface area contributed by atoms with E-state index in [1.54, 1.807) is 0 Å². The molecular weight excluding hydrogens is 176 g/mol. The molecule has 76 valence electrons. The van der Waals surface area contributed by atoms with Crippen molar-refractivity contribution in [3.8, 4) is 0 Å². The summed E-state index contributed by atoms with van der Waals surface area (Å²) >= 11 is 0. The molecule has 0 spiro atoms. The number of nitrogens with two attached hydrogens (primary N) is 1. The van der Waals surface area contributed by atoms with Gasteiger partial charge in [-0.1, -0.05) is 25.1 Å². The van der Waals surface area contributed by atoms with E-state index in [1.807, 2.05) is 24.3 Å². The number of anilines is 1. The Morgan fingerprint density at radius 3 is 2.79 bits per heavy atom. The maximum absolute atomic E-state index is 11.3. The number of para-hydroxylation sites is 1. The number of hydrogen-bond donors (Lipinski definition) is 2. The topological polar surface area (TPSA) is 55.1 Å². The second kappa shape index (κ2) is 5.40. The van der Waals surface area contributed by atoms with Gasteiger partial charge in [-0.25, -0.2) is 0 Å². The molecular formula is C11H16N2O. The van der Waals surface area contributed by atoms with Crippen molar-refractivity contribution in [2.45, 2.75) is 19.8 Å². The summed E-state index contributed by atoms with van der Waals surface area (Å²) in [5.74, 6) is -0.0200. The highest BCUT2D eigenvalue weighted by molar-refractivity contribution is 5.91. The Hall–Kier alpha value is -1.35. The van der Waals surface area contributed by atoms with E-state index in [2.05, 4.69) is 12.2 Å². The van der Waals surface area contributed by atoms with Crippen LogP contribution < -0.4 is 11.1 Å². The lowest BCUT2D eigenvalue weighted by molar-refractivity contribution is -0.116. The van der Waals surface area contributed by atoms with Crippen molar-refractivity contribution in [1.29, 1.82) is 0 Å². The summed E-state index contributed by atoms with van der Waals surface area (Å²) in [4.78, 5) is 11.3. The minimum absolute atomic E-state index is 0.0200. The molecule has 0 atom stereocenters. The van der Waals surface area contributed by atoms with Gasteiger partial charge in [0.1, 0.15) is 0 Å². The van der Waals surface area contributed by atoms with Gasteiger partial charge in [-0.3, -0.25) is 4.79 Å². The summed E-state index contributed by atoms with van der Waals surface area (Å²) in [6.07, 6.45) is 1.29. The van der Waals surface area contributed by atoms with Crippen LogP contribution >= 0.6 is 0 Å². The van der Waals surface area contributed by atoms with Crippen LogP contribution in [-0.2, 0) is 11.2 Å². The van der Waals surface area contributed by atoms with E-state index in [9.17, 15) is 4.79 Å². The van der Waals surface area contributed by atoms with Gasteiger partial charge < -0.3 is 11.1 Å². The lowest BCUT2D eigenvalue weighted by atomic mass is 10.1. The summed E-state index contributed by atoms with van der Waals surface area (Å²) in [7, 11) is 0. The van der Waals surface area contributed by atoms with Crippen LogP contribution in [0.25, 0.3) is 0 Å². The molecule has 0 unspecified atom stereocenters. The molecule has 14 heavy (non-hydrogen) atoms. The van der Waals surface area contributed by atoms with Gasteiger partial charge in [0, 0.05) is 18.7 Å². The van der Waals surface area contributed by atoms with Gasteiger partial charge in [0.05, 0.1) is 0 Å². The zero-order chi connectivity index (χ0) is 10.4. The molecule has 0 aliphatic heterocycles. The molecule has 1 rings (SSSR count). The third kappa shape index (κ3) is 2.85. The summed E-state index contributed by atoms with van der Waals surface area (Å²) in [6.45, 7) is 2.45. The van der Waals surface area contributed by atoms with Crippen LogP contribution in [0.2, 0.25) is 0 Å². The van der Waals surface area contributed by atoms with Crippen molar-refractivity contribution in [2.75, 3.05) is 11.9 Å². The summed E-state index contributed by atoms with van der Waals surface area (Å²) in [5, 5.41) is 2.84. The van der Waals surface area contributed by atoms with Crippen LogP contribution in [0, 0.1) is 0 Å². The van der Waals surface area contributed by atoms with Gasteiger partial charge in [0.15, 0.2) is 0 Å². The van der Waals surface area contributed by atoms with E-state index in [0.29, 0.717) is 13.0 Å². The van der Waals surface area contributed by atoms with Crippen LogP contribution in [-0.4, -0.2) is 12.5 Å². The summed E-state index contributed by atoms with van der Waals surface area (Å²) in [5.41, 5.74) is 7.34. The molecule has 1 aromatic carbocycles. The van der Waals surface area contributed by atoms with Gasteiger partial charge in [-0.15, -0.1) is 0 Å². The molecule has 0 radical (unpaired) electrons. The Morgan fingerprint density at radius 1 is 1.43 bits per heavy atom. The van der Waals surface area contributed by atoms with Crippen molar-refractivity contribution in [1.82, 2.24) is 0 Å². The Kier molecular flexibility index (Phi) is 4.13. The van der Waals surface area contributed by atoms with Crippen molar-refractivity contribution in [3.63, 3.8) is 0 Å². The summed E-state index contributed by atoms with van der Waals surface area (Å²) in [6, 6.07) is 7.81. The number of carbonyl (C=O) groups excluding carboxylic acids is 1. The highest BCUT2D eigenvalue weighted by atomic mass is 16.1. The number of aryl methyl sites for hydroxylation is 1. The standard InChI is InChI=1S/C11H16N2O/c1-2-9-5-3-4-6-10(9)13-11(14)7-8-12/h3-6H,2,7-8,12H2,1H3,(H,13,14). The Balaban J connectivity index is 2.70. The Labute approximate surface area is 84.3 Å². The molecule has 0 aliphatic rings. The molecule has 0 aromatic heterocycles. The molecule has 0 fully saturated rings. The van der Waals surface area contributed by atoms with Crippen LogP contribution in [0.3, 0.4) is 0 Å². The predicted molar refractivity (Wildman–Crippen MR) is 58.1 cm³/mol. The average molecular weight is 192 g/mol. The molecule has 1 aromatic rings. The lowest BCUT2D eigenvalue weighted by Crippen LogP contribution is -2.16. The predicted octanol–water partition coefficient (Wildman–Crippen LogP) is 1.54. The minimum Gasteiger partial charge on any atom is -0.330 e. The van der Waals surface area contributed by atoms with Gasteiger partial charge in [-0.2, -0.15) is 0 Å². The molecule has 0 bridgehead atoms. The number of carbonyl (C=O) groups is 1. The third-order valence-electron chi connectivity index (χ3n) is 2.04. The first-order valence-corrected chi connectivity index (χ1v) is 4.85. The SMILES string of the molecule is CCc1ccccc1NC(=O)CCN. The fraction of sp³-hybridized carbons (Fsp3) is 0.364. The first-order chi connectivity index (χ1) is 6.77. The van der Waals surface area contributed by atoms with E-state index in [-0.39, 0.29) is 5.91 Å². The van der Waals surface area contributed by atoms with E-state index in [0.717, 1.165) is 17.7 Å². The van der Waals surface area contributed by atoms with Crippen LogP contribution in [0.15, 0.2) is 24.3 Å². The van der Waals surface area contributed by atoms with Gasteiger partial charge in [0.25, 0.3) is 0 Å². The molecule has 0 saturated carbocycles.